The first-order valence-electron chi connectivity index (χ1n) is 9.89. The van der Waals surface area contributed by atoms with Crippen LogP contribution in [0.25, 0.3) is 0 Å². The average Bonchev–Trinajstić information content (AvgIpc) is 2.76. The molecule has 0 aromatic heterocycles. The van der Waals surface area contributed by atoms with E-state index in [1.54, 1.807) is 7.11 Å². The van der Waals surface area contributed by atoms with Gasteiger partial charge in [0.15, 0.2) is 5.11 Å². The zero-order valence-corrected chi connectivity index (χ0v) is 18.3. The maximum Gasteiger partial charge on any atom is 0.173 e. The van der Waals surface area contributed by atoms with Gasteiger partial charge >= 0.3 is 0 Å². The number of nitrogens with zero attached hydrogens (tertiary/aromatic N) is 2. The Balaban J connectivity index is 1.65. The molecule has 2 aromatic carbocycles. The van der Waals surface area contributed by atoms with E-state index in [1.807, 2.05) is 24.3 Å². The predicted octanol–water partition coefficient (Wildman–Crippen LogP) is 4.27. The first-order chi connectivity index (χ1) is 14.2. The largest absolute Gasteiger partial charge is 0.497 e. The van der Waals surface area contributed by atoms with Crippen molar-refractivity contribution < 1.29 is 9.47 Å². The van der Waals surface area contributed by atoms with Crippen LogP contribution in [0.4, 0.5) is 5.69 Å². The average molecular weight is 434 g/mol. The maximum absolute atomic E-state index is 6.35. The highest BCUT2D eigenvalue weighted by Crippen LogP contribution is 2.27. The molecule has 29 heavy (non-hydrogen) atoms. The van der Waals surface area contributed by atoms with Crippen LogP contribution in [0.2, 0.25) is 5.02 Å². The number of ether oxygens (including phenoxy) is 2. The number of hydrogen-bond acceptors (Lipinski definition) is 4. The van der Waals surface area contributed by atoms with E-state index < -0.39 is 0 Å². The van der Waals surface area contributed by atoms with Gasteiger partial charge in [-0.3, -0.25) is 4.90 Å². The number of benzene rings is 2. The number of rotatable bonds is 8. The quantitative estimate of drug-likeness (QED) is 0.626. The van der Waals surface area contributed by atoms with Gasteiger partial charge < -0.3 is 19.7 Å². The third-order valence-corrected chi connectivity index (χ3v) is 5.61. The molecule has 0 unspecified atom stereocenters. The lowest BCUT2D eigenvalue weighted by atomic mass is 10.2. The van der Waals surface area contributed by atoms with Crippen LogP contribution in [0.3, 0.4) is 0 Å². The van der Waals surface area contributed by atoms with Crippen LogP contribution >= 0.6 is 23.8 Å². The summed E-state index contributed by atoms with van der Waals surface area (Å²) < 4.78 is 10.7. The molecule has 1 aliphatic heterocycles. The van der Waals surface area contributed by atoms with E-state index in [2.05, 4.69) is 39.4 Å². The van der Waals surface area contributed by atoms with E-state index >= 15 is 0 Å². The van der Waals surface area contributed by atoms with Gasteiger partial charge in [-0.05, 0) is 36.3 Å². The SMILES string of the molecule is COc1ccc(Cl)c(NC(=S)N(CCCN2CCOCC2)Cc2ccccc2)c1. The summed E-state index contributed by atoms with van der Waals surface area (Å²) in [5.74, 6) is 0.738. The van der Waals surface area contributed by atoms with Gasteiger partial charge in [0.1, 0.15) is 5.75 Å². The molecule has 1 saturated heterocycles. The van der Waals surface area contributed by atoms with Crippen LogP contribution in [0, 0.1) is 0 Å². The Morgan fingerprint density at radius 2 is 1.97 bits per heavy atom. The molecule has 1 heterocycles. The van der Waals surface area contributed by atoms with Crippen molar-refractivity contribution in [2.75, 3.05) is 51.8 Å². The minimum Gasteiger partial charge on any atom is -0.497 e. The highest BCUT2D eigenvalue weighted by atomic mass is 35.5. The predicted molar refractivity (Wildman–Crippen MR) is 123 cm³/mol. The molecule has 0 spiro atoms. The summed E-state index contributed by atoms with van der Waals surface area (Å²) in [6.07, 6.45) is 1.03. The Kier molecular flexibility index (Phi) is 8.55. The van der Waals surface area contributed by atoms with Crippen molar-refractivity contribution >= 4 is 34.6 Å². The molecule has 0 atom stereocenters. The van der Waals surface area contributed by atoms with Gasteiger partial charge in [-0.25, -0.2) is 0 Å². The Morgan fingerprint density at radius 1 is 1.21 bits per heavy atom. The van der Waals surface area contributed by atoms with Gasteiger partial charge in [0.05, 0.1) is 31.0 Å². The first-order valence-corrected chi connectivity index (χ1v) is 10.7. The summed E-state index contributed by atoms with van der Waals surface area (Å²) in [7, 11) is 1.64. The number of nitrogens with one attached hydrogen (secondary N) is 1. The first kappa shape index (κ1) is 21.8. The van der Waals surface area contributed by atoms with Gasteiger partial charge in [-0.15, -0.1) is 0 Å². The van der Waals surface area contributed by atoms with Crippen LogP contribution in [0.1, 0.15) is 12.0 Å². The van der Waals surface area contributed by atoms with Crippen LogP contribution in [0.5, 0.6) is 5.75 Å². The standard InChI is InChI=1S/C22H28ClN3O2S/c1-27-19-8-9-20(23)21(16-19)24-22(29)26(17-18-6-3-2-4-7-18)11-5-10-25-12-14-28-15-13-25/h2-4,6-9,16H,5,10-15,17H2,1H3,(H,24,29). The minimum absolute atomic E-state index is 0.612. The number of anilines is 1. The van der Waals surface area contributed by atoms with Crippen molar-refractivity contribution in [1.29, 1.82) is 0 Å². The smallest absolute Gasteiger partial charge is 0.173 e. The van der Waals surface area contributed by atoms with Crippen molar-refractivity contribution in [2.24, 2.45) is 0 Å². The van der Waals surface area contributed by atoms with E-state index in [1.165, 1.54) is 5.56 Å². The molecule has 7 heteroatoms. The summed E-state index contributed by atoms with van der Waals surface area (Å²) >= 11 is 12.1. The monoisotopic (exact) mass is 433 g/mol. The van der Waals surface area contributed by atoms with Crippen LogP contribution in [-0.2, 0) is 11.3 Å². The normalized spacial score (nSPS) is 14.4. The number of thiocarbonyl (C=S) groups is 1. The summed E-state index contributed by atoms with van der Waals surface area (Å²) in [5, 5.41) is 4.58. The lowest BCUT2D eigenvalue weighted by Crippen LogP contribution is -2.40. The highest BCUT2D eigenvalue weighted by molar-refractivity contribution is 7.80. The molecule has 1 aliphatic rings. The Labute approximate surface area is 183 Å². The summed E-state index contributed by atoms with van der Waals surface area (Å²) in [5.41, 5.74) is 1.97. The van der Waals surface area contributed by atoms with E-state index in [4.69, 9.17) is 33.3 Å². The molecular weight excluding hydrogens is 406 g/mol. The highest BCUT2D eigenvalue weighted by Gasteiger charge is 2.15. The molecular formula is C22H28ClN3O2S. The molecule has 0 bridgehead atoms. The molecule has 0 radical (unpaired) electrons. The Morgan fingerprint density at radius 3 is 2.69 bits per heavy atom. The Bertz CT molecular complexity index is 785. The van der Waals surface area contributed by atoms with Crippen molar-refractivity contribution in [3.05, 3.63) is 59.1 Å². The van der Waals surface area contributed by atoms with Crippen molar-refractivity contribution in [3.8, 4) is 5.75 Å². The zero-order valence-electron chi connectivity index (χ0n) is 16.8. The van der Waals surface area contributed by atoms with Crippen molar-refractivity contribution in [2.45, 2.75) is 13.0 Å². The van der Waals surface area contributed by atoms with Crippen molar-refractivity contribution in [3.63, 3.8) is 0 Å². The topological polar surface area (TPSA) is 37.0 Å². The van der Waals surface area contributed by atoms with Gasteiger partial charge in [-0.1, -0.05) is 41.9 Å². The number of methoxy groups -OCH3 is 1. The van der Waals surface area contributed by atoms with Crippen LogP contribution < -0.4 is 10.1 Å². The molecule has 2 aromatic rings. The number of halogens is 1. The fourth-order valence-electron chi connectivity index (χ4n) is 3.29. The molecule has 1 N–H and O–H groups in total. The van der Waals surface area contributed by atoms with Crippen molar-refractivity contribution in [1.82, 2.24) is 9.80 Å². The minimum atomic E-state index is 0.612. The second-order valence-corrected chi connectivity index (χ2v) is 7.78. The lowest BCUT2D eigenvalue weighted by molar-refractivity contribution is 0.0368. The second-order valence-electron chi connectivity index (χ2n) is 6.99. The van der Waals surface area contributed by atoms with Gasteiger partial charge in [0.2, 0.25) is 0 Å². The fourth-order valence-corrected chi connectivity index (χ4v) is 3.72. The number of morpholine rings is 1. The van der Waals surface area contributed by atoms with E-state index in [0.29, 0.717) is 10.1 Å². The van der Waals surface area contributed by atoms with E-state index in [-0.39, 0.29) is 0 Å². The maximum atomic E-state index is 6.35. The molecule has 5 nitrogen and oxygen atoms in total. The van der Waals surface area contributed by atoms with Gasteiger partial charge in [0.25, 0.3) is 0 Å². The molecule has 0 amide bonds. The third-order valence-electron chi connectivity index (χ3n) is 4.92. The molecule has 156 valence electrons. The third kappa shape index (κ3) is 6.85. The second kappa shape index (κ2) is 11.4. The van der Waals surface area contributed by atoms with E-state index in [9.17, 15) is 0 Å². The van der Waals surface area contributed by atoms with Gasteiger partial charge in [-0.2, -0.15) is 0 Å². The summed E-state index contributed by atoms with van der Waals surface area (Å²) in [6.45, 7) is 6.29. The lowest BCUT2D eigenvalue weighted by Gasteiger charge is -2.30. The van der Waals surface area contributed by atoms with Crippen LogP contribution in [-0.4, -0.2) is 61.4 Å². The van der Waals surface area contributed by atoms with Gasteiger partial charge in [0, 0.05) is 38.8 Å². The molecule has 0 saturated carbocycles. The molecule has 3 rings (SSSR count). The number of hydrogen-bond donors (Lipinski definition) is 1. The zero-order chi connectivity index (χ0) is 20.5. The summed E-state index contributed by atoms with van der Waals surface area (Å²) in [4.78, 5) is 4.64. The molecule has 1 fully saturated rings. The van der Waals surface area contributed by atoms with E-state index in [0.717, 1.165) is 63.8 Å². The molecule has 0 aliphatic carbocycles. The fraction of sp³-hybridized carbons (Fsp3) is 0.409. The van der Waals surface area contributed by atoms with Crippen LogP contribution in [0.15, 0.2) is 48.5 Å². The summed E-state index contributed by atoms with van der Waals surface area (Å²) in [6, 6.07) is 15.9. The Hall–Kier alpha value is -1.86.